The number of nitrogens with zero attached hydrogens (tertiary/aromatic N) is 16. The zero-order valence-corrected chi connectivity index (χ0v) is 87.6. The molecule has 0 spiro atoms. The average Bonchev–Trinajstić information content (AvgIpc) is 0.792. The SMILES string of the molecule is CC(C)(C)c1ccc2ccc3cccnc3c2n1.CC(C)(C)c1nc(-c2ccccc2)cc(-c2ccccc2)n1.CC(C)(C)c1nc(-c2ccccc2)nc(-c2ccc3cc4ccccc4cc3c2)n1.CC(C)(C)c1nc(-c2ccccc2)nc(-c2cccc(-c3ccccc3)c2)n1.CC(C)(C)c1nc(-c2ccccc2)nc(-c2cccc(-c3ccccc3)c2)n1.CC(C)(C)c1nc(-c2ccccc2)nc(-c2ccccc2)n1. The lowest BCUT2D eigenvalue weighted by atomic mass is 9.91. The van der Waals surface area contributed by atoms with Crippen LogP contribution in [0.2, 0.25) is 0 Å². The molecule has 22 aromatic rings. The summed E-state index contributed by atoms with van der Waals surface area (Å²) in [6.45, 7) is 38.5. The predicted molar refractivity (Wildman–Crippen MR) is 611 cm³/mol. The van der Waals surface area contributed by atoms with Gasteiger partial charge in [0.2, 0.25) is 0 Å². The molecule has 0 aliphatic carbocycles. The normalized spacial score (nSPS) is 11.6. The topological polar surface area (TPSA) is 206 Å². The van der Waals surface area contributed by atoms with Gasteiger partial charge in [0.25, 0.3) is 0 Å². The van der Waals surface area contributed by atoms with Crippen LogP contribution in [0.1, 0.15) is 159 Å². The highest BCUT2D eigenvalue weighted by Gasteiger charge is 2.28. The van der Waals surface area contributed by atoms with Gasteiger partial charge in [-0.05, 0) is 92.3 Å². The van der Waals surface area contributed by atoms with Gasteiger partial charge in [-0.15, -0.1) is 0 Å². The number of aromatic nitrogens is 16. The molecule has 0 aliphatic rings. The van der Waals surface area contributed by atoms with E-state index >= 15 is 0 Å². The summed E-state index contributed by atoms with van der Waals surface area (Å²) in [6.07, 6.45) is 1.83. The predicted octanol–water partition coefficient (Wildman–Crippen LogP) is 32.8. The fourth-order valence-corrected chi connectivity index (χ4v) is 16.3. The Morgan fingerprint density at radius 1 is 0.135 bits per heavy atom. The molecule has 0 unspecified atom stereocenters. The van der Waals surface area contributed by atoms with Crippen LogP contribution in [0.25, 0.3) is 179 Å². The van der Waals surface area contributed by atoms with Gasteiger partial charge >= 0.3 is 0 Å². The lowest BCUT2D eigenvalue weighted by molar-refractivity contribution is 0.543. The summed E-state index contributed by atoms with van der Waals surface area (Å²) in [4.78, 5) is 76.1. The van der Waals surface area contributed by atoms with Gasteiger partial charge in [-0.1, -0.05) is 495 Å². The van der Waals surface area contributed by atoms with Crippen molar-refractivity contribution in [3.63, 3.8) is 0 Å². The van der Waals surface area contributed by atoms with E-state index in [-0.39, 0.29) is 32.5 Å². The second kappa shape index (κ2) is 45.0. The molecular weight excluding hydrogens is 1810 g/mol. The zero-order valence-electron chi connectivity index (χ0n) is 87.6. The fourth-order valence-electron chi connectivity index (χ4n) is 16.3. The van der Waals surface area contributed by atoms with Crippen LogP contribution in [0.15, 0.2) is 425 Å². The molecule has 0 saturated carbocycles. The first-order chi connectivity index (χ1) is 71.1. The van der Waals surface area contributed by atoms with Crippen LogP contribution >= 0.6 is 0 Å². The van der Waals surface area contributed by atoms with E-state index in [1.54, 1.807) is 0 Å². The molecule has 22 rings (SSSR count). The first kappa shape index (κ1) is 102. The summed E-state index contributed by atoms with van der Waals surface area (Å²) in [5, 5.41) is 7.17. The van der Waals surface area contributed by atoms with Gasteiger partial charge in [0.05, 0.1) is 22.4 Å². The molecule has 16 nitrogen and oxygen atoms in total. The molecule has 16 heteroatoms. The molecule has 0 radical (unpaired) electrons. The molecular formula is C132H124N16. The maximum Gasteiger partial charge on any atom is 0.163 e. The van der Waals surface area contributed by atoms with Crippen molar-refractivity contribution in [2.24, 2.45) is 0 Å². The Labute approximate surface area is 869 Å². The third-order valence-electron chi connectivity index (χ3n) is 24.5. The zero-order chi connectivity index (χ0) is 104. The van der Waals surface area contributed by atoms with Crippen molar-refractivity contribution in [3.05, 3.63) is 460 Å². The molecule has 0 bridgehead atoms. The smallest absolute Gasteiger partial charge is 0.163 e. The van der Waals surface area contributed by atoms with Crippen molar-refractivity contribution in [2.45, 2.75) is 157 Å². The summed E-state index contributed by atoms with van der Waals surface area (Å²) in [7, 11) is 0. The van der Waals surface area contributed by atoms with E-state index in [1.165, 1.54) is 32.7 Å². The molecule has 0 atom stereocenters. The van der Waals surface area contributed by atoms with Gasteiger partial charge in [-0.3, -0.25) is 4.98 Å². The maximum absolute atomic E-state index is 4.85. The van der Waals surface area contributed by atoms with E-state index in [0.717, 1.165) is 146 Å². The number of hydrogen-bond acceptors (Lipinski definition) is 16. The first-order valence-electron chi connectivity index (χ1n) is 50.4. The number of hydrogen-bond donors (Lipinski definition) is 0. The molecule has 0 fully saturated rings. The fraction of sp³-hybridized carbons (Fsp3) is 0.182. The van der Waals surface area contributed by atoms with Crippen molar-refractivity contribution in [2.75, 3.05) is 0 Å². The van der Waals surface area contributed by atoms with Gasteiger partial charge in [0, 0.05) is 111 Å². The molecule has 7 aromatic heterocycles. The Morgan fingerprint density at radius 2 is 0.372 bits per heavy atom. The second-order valence-electron chi connectivity index (χ2n) is 42.8. The standard InChI is InChI=1S/C27H23N3.2C25H23N3.C20H20N2.C19H19N3.C16H16N2/c1-27(2,3)26-29-24(18-9-5-4-6-10-18)28-25(30-26)22-14-13-21-15-19-11-7-8-12-20(19)16-23(21)17-22;2*1-25(2,3)24-27-22(19-13-8-5-9-14-19)26-23(28-24)21-16-10-15-20(17-21)18-11-6-4-7-12-18;1-20(2,3)19-21-17(15-10-6-4-7-11-15)14-18(22-19)16-12-8-5-9-13-16;1-19(2,3)18-21-16(14-10-6-4-7-11-14)20-17(22-18)15-12-8-5-9-13-15;1-16(2,3)13-9-8-12-7-6-11-5-4-10-17-14(11)15(12)18-13/h4-17H,1-3H3;2*4-17H,1-3H3;4-14H,1-3H3;4-13H,1-3H3;4-10H,1-3H3. The summed E-state index contributed by atoms with van der Waals surface area (Å²) in [5.41, 5.74) is 19.3. The van der Waals surface area contributed by atoms with Crippen LogP contribution in [0.4, 0.5) is 0 Å². The number of pyridine rings is 2. The molecule has 0 amide bonds. The highest BCUT2D eigenvalue weighted by Crippen LogP contribution is 2.38. The van der Waals surface area contributed by atoms with Gasteiger partial charge in [-0.2, -0.15) is 0 Å². The Kier molecular flexibility index (Phi) is 31.0. The number of fused-ring (bicyclic) bond motifs is 5. The summed E-state index contributed by atoms with van der Waals surface area (Å²) < 4.78 is 0. The van der Waals surface area contributed by atoms with E-state index in [0.29, 0.717) is 34.9 Å². The summed E-state index contributed by atoms with van der Waals surface area (Å²) in [6, 6.07) is 142. The Morgan fingerprint density at radius 3 is 0.689 bits per heavy atom. The minimum absolute atomic E-state index is 0.0606. The van der Waals surface area contributed by atoms with Gasteiger partial charge in [0.15, 0.2) is 46.6 Å². The first-order valence-corrected chi connectivity index (χ1v) is 50.4. The van der Waals surface area contributed by atoms with Crippen LogP contribution in [-0.2, 0) is 32.5 Å². The average molecular weight is 1930 g/mol. The van der Waals surface area contributed by atoms with Gasteiger partial charge in [0.1, 0.15) is 29.1 Å². The van der Waals surface area contributed by atoms with E-state index in [2.05, 4.69) is 357 Å². The van der Waals surface area contributed by atoms with Gasteiger partial charge < -0.3 is 0 Å². The van der Waals surface area contributed by atoms with Crippen LogP contribution in [-0.4, -0.2) is 79.7 Å². The number of benzene rings is 15. The van der Waals surface area contributed by atoms with Crippen molar-refractivity contribution in [3.8, 4) is 136 Å². The monoisotopic (exact) mass is 1930 g/mol. The maximum atomic E-state index is 4.85. The van der Waals surface area contributed by atoms with Crippen LogP contribution in [0.5, 0.6) is 0 Å². The Bertz CT molecular complexity index is 7840. The Balaban J connectivity index is 0.000000122. The lowest BCUT2D eigenvalue weighted by Crippen LogP contribution is -2.18. The van der Waals surface area contributed by atoms with E-state index < -0.39 is 0 Å². The van der Waals surface area contributed by atoms with E-state index in [1.807, 2.05) is 212 Å². The quantitative estimate of drug-likeness (QED) is 0.0823. The minimum Gasteiger partial charge on any atom is -0.254 e. The molecule has 15 aromatic carbocycles. The summed E-state index contributed by atoms with van der Waals surface area (Å²) >= 11 is 0. The number of rotatable bonds is 12. The largest absolute Gasteiger partial charge is 0.254 e. The summed E-state index contributed by atoms with van der Waals surface area (Å²) in [5.74, 6) is 9.75. The minimum atomic E-state index is -0.172. The molecule has 0 aliphatic heterocycles. The van der Waals surface area contributed by atoms with Crippen LogP contribution in [0.3, 0.4) is 0 Å². The van der Waals surface area contributed by atoms with E-state index in [4.69, 9.17) is 59.8 Å². The Hall–Kier alpha value is -17.2. The third kappa shape index (κ3) is 26.1. The van der Waals surface area contributed by atoms with Crippen molar-refractivity contribution >= 4 is 43.4 Å². The highest BCUT2D eigenvalue weighted by molar-refractivity contribution is 6.03. The molecule has 0 N–H and O–H groups in total. The van der Waals surface area contributed by atoms with Crippen LogP contribution < -0.4 is 0 Å². The lowest BCUT2D eigenvalue weighted by Gasteiger charge is -2.19. The van der Waals surface area contributed by atoms with E-state index in [9.17, 15) is 0 Å². The molecule has 148 heavy (non-hydrogen) atoms. The van der Waals surface area contributed by atoms with Crippen molar-refractivity contribution in [1.29, 1.82) is 0 Å². The van der Waals surface area contributed by atoms with Crippen molar-refractivity contribution in [1.82, 2.24) is 79.7 Å². The third-order valence-corrected chi connectivity index (χ3v) is 24.5. The highest BCUT2D eigenvalue weighted by atomic mass is 15.1. The second-order valence-corrected chi connectivity index (χ2v) is 42.8. The van der Waals surface area contributed by atoms with Crippen LogP contribution in [0, 0.1) is 0 Å². The molecule has 732 valence electrons. The molecule has 7 heterocycles. The van der Waals surface area contributed by atoms with Gasteiger partial charge in [-0.25, -0.2) is 74.8 Å². The van der Waals surface area contributed by atoms with Crippen molar-refractivity contribution < 1.29 is 0 Å². The molecule has 0 saturated heterocycles.